The van der Waals surface area contributed by atoms with Gasteiger partial charge in [0.2, 0.25) is 0 Å². The molecule has 0 spiro atoms. The zero-order valence-electron chi connectivity index (χ0n) is 16.0. The lowest BCUT2D eigenvalue weighted by Crippen LogP contribution is -2.50. The zero-order chi connectivity index (χ0) is 20.7. The first-order valence-corrected chi connectivity index (χ1v) is 9.06. The maximum absolute atomic E-state index is 11.7. The fourth-order valence-electron chi connectivity index (χ4n) is 3.80. The minimum Gasteiger partial charge on any atom is -0.497 e. The van der Waals surface area contributed by atoms with Gasteiger partial charge >= 0.3 is 5.97 Å². The minimum absolute atomic E-state index is 0.260. The van der Waals surface area contributed by atoms with E-state index in [0.717, 1.165) is 5.56 Å². The molecule has 1 saturated carbocycles. The first-order valence-electron chi connectivity index (χ1n) is 9.06. The Morgan fingerprint density at radius 1 is 1.39 bits per heavy atom. The quantitative estimate of drug-likeness (QED) is 0.406. The molecule has 0 bridgehead atoms. The Kier molecular flexibility index (Phi) is 7.32. The molecule has 7 heteroatoms. The van der Waals surface area contributed by atoms with Crippen molar-refractivity contribution in [2.75, 3.05) is 13.7 Å². The molecule has 0 saturated heterocycles. The van der Waals surface area contributed by atoms with Gasteiger partial charge in [-0.05, 0) is 43.7 Å². The number of benzene rings is 1. The van der Waals surface area contributed by atoms with E-state index in [0.29, 0.717) is 18.6 Å². The second kappa shape index (κ2) is 9.49. The number of ether oxygens (including phenoxy) is 2. The van der Waals surface area contributed by atoms with Crippen molar-refractivity contribution in [1.82, 2.24) is 0 Å². The summed E-state index contributed by atoms with van der Waals surface area (Å²) in [5, 5.41) is 19.3. The Labute approximate surface area is 165 Å². The number of methoxy groups -OCH3 is 1. The van der Waals surface area contributed by atoms with Gasteiger partial charge in [-0.15, -0.1) is 0 Å². The highest BCUT2D eigenvalue weighted by molar-refractivity contribution is 5.70. The molecular weight excluding hydrogens is 360 g/mol. The fraction of sp³-hybridized carbons (Fsp3) is 0.476. The molecule has 2 N–H and O–H groups in total. The molecule has 1 unspecified atom stereocenters. The number of esters is 1. The van der Waals surface area contributed by atoms with Crippen LogP contribution in [0.5, 0.6) is 5.75 Å². The summed E-state index contributed by atoms with van der Waals surface area (Å²) in [6.45, 7) is 14.7. The first kappa shape index (κ1) is 21.6. The maximum atomic E-state index is 11.7. The van der Waals surface area contributed by atoms with Gasteiger partial charge in [-0.3, -0.25) is 4.99 Å². The third-order valence-electron chi connectivity index (χ3n) is 5.31. The third-order valence-corrected chi connectivity index (χ3v) is 5.31. The number of hydrogen-bond acceptors (Lipinski definition) is 6. The van der Waals surface area contributed by atoms with Crippen LogP contribution in [0.15, 0.2) is 41.5 Å². The summed E-state index contributed by atoms with van der Waals surface area (Å²) >= 11 is 0. The molecule has 1 aliphatic carbocycles. The van der Waals surface area contributed by atoms with E-state index in [-0.39, 0.29) is 18.5 Å². The summed E-state index contributed by atoms with van der Waals surface area (Å²) in [6.07, 6.45) is 0.115. The maximum Gasteiger partial charge on any atom is 0.332 e. The van der Waals surface area contributed by atoms with E-state index < -0.39 is 36.2 Å². The number of carbonyl (C=O) groups is 1. The van der Waals surface area contributed by atoms with E-state index in [1.165, 1.54) is 0 Å². The lowest BCUT2D eigenvalue weighted by Gasteiger charge is -2.39. The Bertz CT molecular complexity index is 755. The number of aliphatic hydroxyl groups is 2. The average Bonchev–Trinajstić information content (AvgIpc) is 2.73. The standard InChI is InChI=1S/C21H26N2O5/c1-14(22-2)21(23-3,12-15-5-8-17(27-4)9-6-15)18-11-16(25)7-10-19(18)28-20(26)13-24/h5-6,8-9,16,18-19,24-25H,1-2,7,10-13H2,4H3/t16-,18-,19-,21?/m0/s1. The number of nitrogens with zero attached hydrogens (tertiary/aromatic N) is 2. The highest BCUT2D eigenvalue weighted by Gasteiger charge is 2.55. The number of aliphatic hydroxyl groups excluding tert-OH is 2. The van der Waals surface area contributed by atoms with E-state index in [4.69, 9.17) is 21.2 Å². The van der Waals surface area contributed by atoms with E-state index in [1.54, 1.807) is 19.2 Å². The smallest absolute Gasteiger partial charge is 0.332 e. The van der Waals surface area contributed by atoms with Crippen LogP contribution in [-0.2, 0) is 16.0 Å². The van der Waals surface area contributed by atoms with Gasteiger partial charge in [0.1, 0.15) is 24.2 Å². The van der Waals surface area contributed by atoms with Crippen LogP contribution in [0.3, 0.4) is 0 Å². The molecule has 1 aromatic carbocycles. The normalized spacial score (nSPS) is 23.7. The second-order valence-corrected chi connectivity index (χ2v) is 6.93. The molecule has 0 radical (unpaired) electrons. The summed E-state index contributed by atoms with van der Waals surface area (Å²) in [5.74, 6) is -0.600. The van der Waals surface area contributed by atoms with Gasteiger partial charge in [-0.25, -0.2) is 11.4 Å². The van der Waals surface area contributed by atoms with Gasteiger partial charge in [-0.2, -0.15) is 0 Å². The Balaban J connectivity index is 2.45. The molecule has 4 atom stereocenters. The van der Waals surface area contributed by atoms with Crippen LogP contribution in [0.25, 0.3) is 4.85 Å². The van der Waals surface area contributed by atoms with Gasteiger partial charge in [0.15, 0.2) is 0 Å². The van der Waals surface area contributed by atoms with Gasteiger partial charge < -0.3 is 24.5 Å². The monoisotopic (exact) mass is 386 g/mol. The summed E-state index contributed by atoms with van der Waals surface area (Å²) in [7, 11) is 1.57. The Morgan fingerprint density at radius 2 is 2.07 bits per heavy atom. The average molecular weight is 386 g/mol. The number of hydrogen-bond donors (Lipinski definition) is 2. The van der Waals surface area contributed by atoms with E-state index in [2.05, 4.69) is 23.1 Å². The third kappa shape index (κ3) is 4.58. The van der Waals surface area contributed by atoms with Crippen molar-refractivity contribution in [3.8, 4) is 5.75 Å². The molecule has 28 heavy (non-hydrogen) atoms. The predicted molar refractivity (Wildman–Crippen MR) is 105 cm³/mol. The van der Waals surface area contributed by atoms with Gasteiger partial charge in [0.25, 0.3) is 5.54 Å². The molecule has 7 nitrogen and oxygen atoms in total. The molecule has 0 heterocycles. The lowest BCUT2D eigenvalue weighted by molar-refractivity contribution is -0.160. The fourth-order valence-corrected chi connectivity index (χ4v) is 3.80. The highest BCUT2D eigenvalue weighted by Crippen LogP contribution is 2.43. The summed E-state index contributed by atoms with van der Waals surface area (Å²) in [5.41, 5.74) is -0.116. The van der Waals surface area contributed by atoms with Crippen molar-refractivity contribution >= 4 is 12.7 Å². The van der Waals surface area contributed by atoms with Crippen LogP contribution < -0.4 is 4.74 Å². The van der Waals surface area contributed by atoms with Crippen LogP contribution >= 0.6 is 0 Å². The summed E-state index contributed by atoms with van der Waals surface area (Å²) in [4.78, 5) is 19.5. The SMILES string of the molecule is [C-]#[N+]C(Cc1ccc(OC)cc1)(C(=C)N=C)[C@H]1C[C@@H](O)CC[C@@H]1OC(=O)CO. The van der Waals surface area contributed by atoms with Crippen molar-refractivity contribution in [3.05, 3.63) is 53.5 Å². The Hall–Kier alpha value is -2.69. The zero-order valence-corrected chi connectivity index (χ0v) is 16.0. The van der Waals surface area contributed by atoms with E-state index >= 15 is 0 Å². The molecule has 1 aliphatic rings. The molecule has 1 aromatic rings. The van der Waals surface area contributed by atoms with Crippen molar-refractivity contribution in [2.24, 2.45) is 10.9 Å². The first-order chi connectivity index (χ1) is 13.4. The molecule has 2 rings (SSSR count). The van der Waals surface area contributed by atoms with Gasteiger partial charge in [0, 0.05) is 0 Å². The minimum atomic E-state index is -1.24. The summed E-state index contributed by atoms with van der Waals surface area (Å²) < 4.78 is 10.6. The van der Waals surface area contributed by atoms with Crippen molar-refractivity contribution < 1.29 is 24.5 Å². The number of aliphatic imine (C=N–C) groups is 1. The van der Waals surface area contributed by atoms with Crippen LogP contribution in [0.2, 0.25) is 0 Å². The molecule has 0 aliphatic heterocycles. The topological polar surface area (TPSA) is 92.7 Å². The number of rotatable bonds is 8. The van der Waals surface area contributed by atoms with Crippen molar-refractivity contribution in [1.29, 1.82) is 0 Å². The molecular formula is C21H26N2O5. The molecule has 150 valence electrons. The highest BCUT2D eigenvalue weighted by atomic mass is 16.6. The second-order valence-electron chi connectivity index (χ2n) is 6.93. The molecule has 0 aromatic heterocycles. The van der Waals surface area contributed by atoms with E-state index in [1.807, 2.05) is 12.1 Å². The van der Waals surface area contributed by atoms with Gasteiger partial charge in [0.05, 0.1) is 25.6 Å². The van der Waals surface area contributed by atoms with Gasteiger partial charge in [-0.1, -0.05) is 18.7 Å². The lowest BCUT2D eigenvalue weighted by atomic mass is 9.68. The molecule has 1 fully saturated rings. The van der Waals surface area contributed by atoms with Crippen molar-refractivity contribution in [2.45, 2.75) is 43.4 Å². The largest absolute Gasteiger partial charge is 0.497 e. The predicted octanol–water partition coefficient (Wildman–Crippen LogP) is 2.18. The summed E-state index contributed by atoms with van der Waals surface area (Å²) in [6, 6.07) is 7.30. The van der Waals surface area contributed by atoms with Crippen LogP contribution in [-0.4, -0.2) is 54.4 Å². The molecule has 0 amide bonds. The van der Waals surface area contributed by atoms with E-state index in [9.17, 15) is 9.90 Å². The van der Waals surface area contributed by atoms with Crippen LogP contribution in [0, 0.1) is 12.5 Å². The number of carbonyl (C=O) groups excluding carboxylic acids is 1. The van der Waals surface area contributed by atoms with Crippen LogP contribution in [0.4, 0.5) is 0 Å². The Morgan fingerprint density at radius 3 is 2.61 bits per heavy atom. The van der Waals surface area contributed by atoms with Crippen LogP contribution in [0.1, 0.15) is 24.8 Å². The van der Waals surface area contributed by atoms with Crippen molar-refractivity contribution in [3.63, 3.8) is 0 Å².